The van der Waals surface area contributed by atoms with Crippen LogP contribution in [0.25, 0.3) is 0 Å². The molecule has 0 saturated carbocycles. The van der Waals surface area contributed by atoms with Crippen LogP contribution in [0.5, 0.6) is 0 Å². The van der Waals surface area contributed by atoms with Crippen molar-refractivity contribution in [1.82, 2.24) is 0 Å². The zero-order valence-electron chi connectivity index (χ0n) is 10.4. The quantitative estimate of drug-likeness (QED) is 0.815. The molecule has 1 N–H and O–H groups in total. The molecule has 2 aliphatic rings. The minimum Gasteiger partial charge on any atom is -0.377 e. The predicted octanol–water partition coefficient (Wildman–Crippen LogP) is 1.71. The molecule has 1 fully saturated rings. The maximum atomic E-state index is 11.9. The summed E-state index contributed by atoms with van der Waals surface area (Å²) in [6, 6.07) is 8.09. The lowest BCUT2D eigenvalue weighted by Crippen LogP contribution is -2.45. The molecule has 0 unspecified atom stereocenters. The highest BCUT2D eigenvalue weighted by molar-refractivity contribution is 6.05. The van der Waals surface area contributed by atoms with E-state index in [0.29, 0.717) is 13.2 Å². The highest BCUT2D eigenvalue weighted by Crippen LogP contribution is 2.41. The van der Waals surface area contributed by atoms with Crippen LogP contribution in [-0.4, -0.2) is 19.1 Å². The smallest absolute Gasteiger partial charge is 0.234 e. The number of hydrogen-bond acceptors (Lipinski definition) is 3. The first-order chi connectivity index (χ1) is 8.49. The lowest BCUT2D eigenvalue weighted by Gasteiger charge is -2.36. The molecular weight excluding hydrogens is 228 g/mol. The average Bonchev–Trinajstić information content (AvgIpc) is 2.50. The molecular formula is C14H14N2O2. The number of nitriles is 1. The second-order valence-corrected chi connectivity index (χ2v) is 5.53. The summed E-state index contributed by atoms with van der Waals surface area (Å²) >= 11 is 0. The Labute approximate surface area is 106 Å². The van der Waals surface area contributed by atoms with Crippen molar-refractivity contribution in [3.63, 3.8) is 0 Å². The maximum Gasteiger partial charge on any atom is 0.234 e. The maximum absolute atomic E-state index is 11.9. The van der Waals surface area contributed by atoms with Crippen LogP contribution in [-0.2, 0) is 20.4 Å². The van der Waals surface area contributed by atoms with Gasteiger partial charge in [0.25, 0.3) is 0 Å². The molecule has 1 aromatic rings. The largest absolute Gasteiger partial charge is 0.377 e. The summed E-state index contributed by atoms with van der Waals surface area (Å²) in [5.74, 6) is 0.00511. The number of carbonyl (C=O) groups is 1. The first-order valence-electron chi connectivity index (χ1n) is 5.95. The van der Waals surface area contributed by atoms with E-state index in [-0.39, 0.29) is 5.91 Å². The van der Waals surface area contributed by atoms with E-state index in [9.17, 15) is 10.1 Å². The number of ether oxygens (including phenoxy) is 1. The van der Waals surface area contributed by atoms with Crippen molar-refractivity contribution in [2.45, 2.75) is 24.7 Å². The molecule has 3 rings (SSSR count). The number of carbonyl (C=O) groups excluding carboxylic acids is 1. The van der Waals surface area contributed by atoms with Gasteiger partial charge in [-0.3, -0.25) is 4.79 Å². The Kier molecular flexibility index (Phi) is 2.08. The van der Waals surface area contributed by atoms with E-state index in [2.05, 4.69) is 11.4 Å². The van der Waals surface area contributed by atoms with E-state index in [1.54, 1.807) is 0 Å². The number of nitrogens with one attached hydrogen (secondary N) is 1. The summed E-state index contributed by atoms with van der Waals surface area (Å²) in [5, 5.41) is 12.2. The Morgan fingerprint density at radius 3 is 2.67 bits per heavy atom. The van der Waals surface area contributed by atoms with Gasteiger partial charge in [0, 0.05) is 5.69 Å². The van der Waals surface area contributed by atoms with Crippen LogP contribution in [0.2, 0.25) is 0 Å². The Morgan fingerprint density at radius 1 is 1.39 bits per heavy atom. The summed E-state index contributed by atoms with van der Waals surface area (Å²) in [4.78, 5) is 11.9. The van der Waals surface area contributed by atoms with Crippen LogP contribution in [0.3, 0.4) is 0 Å². The molecule has 92 valence electrons. The summed E-state index contributed by atoms with van der Waals surface area (Å²) in [5.41, 5.74) is 1.69. The van der Waals surface area contributed by atoms with Crippen molar-refractivity contribution in [3.8, 4) is 6.07 Å². The van der Waals surface area contributed by atoms with E-state index in [1.165, 1.54) is 0 Å². The summed E-state index contributed by atoms with van der Waals surface area (Å²) in [6.07, 6.45) is 0. The Balaban J connectivity index is 2.11. The average molecular weight is 242 g/mol. The van der Waals surface area contributed by atoms with Gasteiger partial charge >= 0.3 is 0 Å². The second-order valence-electron chi connectivity index (χ2n) is 5.53. The van der Waals surface area contributed by atoms with E-state index < -0.39 is 10.8 Å². The first kappa shape index (κ1) is 11.2. The van der Waals surface area contributed by atoms with Crippen LogP contribution >= 0.6 is 0 Å². The molecule has 1 saturated heterocycles. The lowest BCUT2D eigenvalue weighted by molar-refractivity contribution is -0.119. The third-order valence-corrected chi connectivity index (χ3v) is 3.97. The number of benzene rings is 1. The van der Waals surface area contributed by atoms with Gasteiger partial charge in [0.05, 0.1) is 24.7 Å². The van der Waals surface area contributed by atoms with Crippen LogP contribution in [0, 0.1) is 11.3 Å². The molecule has 0 bridgehead atoms. The standard InChI is InChI=1S/C14H14N2O2/c1-13(2)10-5-9(14(6-15)7-18-8-14)3-4-11(10)16-12(13)17/h3-5H,7-8H2,1-2H3,(H,16,17). The van der Waals surface area contributed by atoms with Gasteiger partial charge in [-0.25, -0.2) is 0 Å². The zero-order valence-corrected chi connectivity index (χ0v) is 10.4. The number of amides is 1. The molecule has 1 amide bonds. The van der Waals surface area contributed by atoms with Gasteiger partial charge in [-0.15, -0.1) is 0 Å². The van der Waals surface area contributed by atoms with Gasteiger partial charge in [0.2, 0.25) is 5.91 Å². The van der Waals surface area contributed by atoms with Crippen molar-refractivity contribution in [1.29, 1.82) is 5.26 Å². The normalized spacial score (nSPS) is 22.6. The van der Waals surface area contributed by atoms with Gasteiger partial charge in [0.15, 0.2) is 0 Å². The van der Waals surface area contributed by atoms with E-state index in [4.69, 9.17) is 4.74 Å². The number of hydrogen-bond donors (Lipinski definition) is 1. The highest BCUT2D eigenvalue weighted by atomic mass is 16.5. The SMILES string of the molecule is CC1(C)C(=O)Nc2ccc(C3(C#N)COC3)cc21. The minimum atomic E-state index is -0.535. The zero-order chi connectivity index (χ0) is 13.0. The monoisotopic (exact) mass is 242 g/mol. The van der Waals surface area contributed by atoms with Crippen LogP contribution < -0.4 is 5.32 Å². The fourth-order valence-corrected chi connectivity index (χ4v) is 2.47. The minimum absolute atomic E-state index is 0.00511. The molecule has 0 spiro atoms. The number of fused-ring (bicyclic) bond motifs is 1. The van der Waals surface area contributed by atoms with Gasteiger partial charge in [-0.1, -0.05) is 12.1 Å². The molecule has 4 heteroatoms. The Bertz CT molecular complexity index is 580. The van der Waals surface area contributed by atoms with Crippen molar-refractivity contribution >= 4 is 11.6 Å². The van der Waals surface area contributed by atoms with Crippen molar-refractivity contribution in [3.05, 3.63) is 29.3 Å². The number of anilines is 1. The lowest BCUT2D eigenvalue weighted by atomic mass is 9.77. The van der Waals surface area contributed by atoms with Crippen molar-refractivity contribution < 1.29 is 9.53 Å². The fraction of sp³-hybridized carbons (Fsp3) is 0.429. The molecule has 0 aromatic heterocycles. The first-order valence-corrected chi connectivity index (χ1v) is 5.95. The van der Waals surface area contributed by atoms with Crippen LogP contribution in [0.1, 0.15) is 25.0 Å². The topological polar surface area (TPSA) is 62.1 Å². The van der Waals surface area contributed by atoms with Gasteiger partial charge in [-0.05, 0) is 31.0 Å². The van der Waals surface area contributed by atoms with Gasteiger partial charge in [0.1, 0.15) is 5.41 Å². The van der Waals surface area contributed by atoms with Gasteiger partial charge < -0.3 is 10.1 Å². The molecule has 0 radical (unpaired) electrons. The van der Waals surface area contributed by atoms with Crippen LogP contribution in [0.4, 0.5) is 5.69 Å². The fourth-order valence-electron chi connectivity index (χ4n) is 2.47. The van der Waals surface area contributed by atoms with Crippen LogP contribution in [0.15, 0.2) is 18.2 Å². The third kappa shape index (κ3) is 1.25. The molecule has 0 aliphatic carbocycles. The summed E-state index contributed by atoms with van der Waals surface area (Å²) in [7, 11) is 0. The van der Waals surface area contributed by atoms with E-state index in [1.807, 2.05) is 32.0 Å². The molecule has 4 nitrogen and oxygen atoms in total. The Morgan fingerprint density at radius 2 is 2.11 bits per heavy atom. The van der Waals surface area contributed by atoms with Crippen molar-refractivity contribution in [2.24, 2.45) is 0 Å². The van der Waals surface area contributed by atoms with Gasteiger partial charge in [-0.2, -0.15) is 5.26 Å². The highest BCUT2D eigenvalue weighted by Gasteiger charge is 2.44. The number of rotatable bonds is 1. The molecule has 18 heavy (non-hydrogen) atoms. The second kappa shape index (κ2) is 3.33. The molecule has 1 aromatic carbocycles. The predicted molar refractivity (Wildman–Crippen MR) is 66.2 cm³/mol. The third-order valence-electron chi connectivity index (χ3n) is 3.97. The summed E-state index contributed by atoms with van der Waals surface area (Å²) < 4.78 is 5.17. The van der Waals surface area contributed by atoms with E-state index >= 15 is 0 Å². The summed E-state index contributed by atoms with van der Waals surface area (Å²) in [6.45, 7) is 4.66. The van der Waals surface area contributed by atoms with Crippen molar-refractivity contribution in [2.75, 3.05) is 18.5 Å². The number of nitrogens with zero attached hydrogens (tertiary/aromatic N) is 1. The Hall–Kier alpha value is -1.86. The molecule has 0 atom stereocenters. The molecule has 2 heterocycles. The van der Waals surface area contributed by atoms with E-state index in [0.717, 1.165) is 16.8 Å². The molecule has 2 aliphatic heterocycles.